The zero-order valence-electron chi connectivity index (χ0n) is 8.01. The van der Waals surface area contributed by atoms with Gasteiger partial charge in [-0.05, 0) is 12.1 Å². The molecule has 0 fully saturated rings. The number of phenols is 2. The number of benzene rings is 1. The summed E-state index contributed by atoms with van der Waals surface area (Å²) in [6.07, 6.45) is 0. The summed E-state index contributed by atoms with van der Waals surface area (Å²) in [6, 6.07) is 0.658. The number of aromatic hydroxyl groups is 2. The molecule has 0 spiro atoms. The smallest absolute Gasteiger partial charge is 0.328 e. The summed E-state index contributed by atoms with van der Waals surface area (Å²) >= 11 is 0. The number of carbonyl (C=O) groups is 1. The lowest BCUT2D eigenvalue weighted by Crippen LogP contribution is -2.33. The van der Waals surface area contributed by atoms with Crippen molar-refractivity contribution in [2.45, 2.75) is 6.04 Å². The standard InChI is InChI=1S/C9H10FNO5/c10-7-4(1-2-6(13)8(7)14)11-5(3-12)9(15)16/h1-2,5,11-14H,3H2,(H,15,16). The molecule has 88 valence electrons. The molecule has 0 aromatic heterocycles. The third-order valence-electron chi connectivity index (χ3n) is 1.91. The molecule has 5 N–H and O–H groups in total. The van der Waals surface area contributed by atoms with Gasteiger partial charge in [0.1, 0.15) is 6.04 Å². The van der Waals surface area contributed by atoms with Crippen molar-refractivity contribution in [1.29, 1.82) is 0 Å². The van der Waals surface area contributed by atoms with Gasteiger partial charge in [-0.3, -0.25) is 0 Å². The summed E-state index contributed by atoms with van der Waals surface area (Å²) in [6.45, 7) is -0.740. The van der Waals surface area contributed by atoms with Gasteiger partial charge in [-0.2, -0.15) is 0 Å². The lowest BCUT2D eigenvalue weighted by Gasteiger charge is -2.14. The second-order valence-electron chi connectivity index (χ2n) is 3.01. The van der Waals surface area contributed by atoms with E-state index >= 15 is 0 Å². The van der Waals surface area contributed by atoms with Crippen LogP contribution in [0.4, 0.5) is 10.1 Å². The average molecular weight is 231 g/mol. The van der Waals surface area contributed by atoms with Crippen molar-refractivity contribution < 1.29 is 29.6 Å². The van der Waals surface area contributed by atoms with Crippen LogP contribution >= 0.6 is 0 Å². The Bertz CT molecular complexity index is 409. The average Bonchev–Trinajstić information content (AvgIpc) is 2.25. The van der Waals surface area contributed by atoms with Crippen LogP contribution < -0.4 is 5.32 Å². The van der Waals surface area contributed by atoms with E-state index in [0.717, 1.165) is 12.1 Å². The van der Waals surface area contributed by atoms with Crippen LogP contribution in [0.15, 0.2) is 12.1 Å². The second kappa shape index (κ2) is 4.67. The lowest BCUT2D eigenvalue weighted by molar-refractivity contribution is -0.138. The minimum atomic E-state index is -1.39. The van der Waals surface area contributed by atoms with Gasteiger partial charge >= 0.3 is 5.97 Å². The number of rotatable bonds is 4. The normalized spacial score (nSPS) is 12.1. The Morgan fingerprint density at radius 2 is 2.06 bits per heavy atom. The molecule has 7 heteroatoms. The molecule has 0 saturated carbocycles. The molecule has 0 radical (unpaired) electrons. The topological polar surface area (TPSA) is 110 Å². The first-order valence-electron chi connectivity index (χ1n) is 4.28. The monoisotopic (exact) mass is 231 g/mol. The van der Waals surface area contributed by atoms with Gasteiger partial charge in [0.25, 0.3) is 0 Å². The van der Waals surface area contributed by atoms with Gasteiger partial charge in [0.15, 0.2) is 17.3 Å². The number of aliphatic hydroxyl groups excluding tert-OH is 1. The highest BCUT2D eigenvalue weighted by atomic mass is 19.1. The van der Waals surface area contributed by atoms with Crippen LogP contribution in [0.5, 0.6) is 11.5 Å². The van der Waals surface area contributed by atoms with Crippen molar-refractivity contribution in [1.82, 2.24) is 0 Å². The van der Waals surface area contributed by atoms with E-state index < -0.39 is 35.9 Å². The number of phenolic OH excluding ortho intramolecular Hbond substituents is 2. The van der Waals surface area contributed by atoms with E-state index in [1.165, 1.54) is 0 Å². The third kappa shape index (κ3) is 2.31. The van der Waals surface area contributed by atoms with E-state index in [1.807, 2.05) is 0 Å². The number of anilines is 1. The summed E-state index contributed by atoms with van der Waals surface area (Å²) in [4.78, 5) is 10.5. The van der Waals surface area contributed by atoms with E-state index in [2.05, 4.69) is 5.32 Å². The van der Waals surface area contributed by atoms with E-state index in [-0.39, 0.29) is 5.69 Å². The fraction of sp³-hybridized carbons (Fsp3) is 0.222. The molecule has 0 heterocycles. The number of carboxylic acids is 1. The maximum absolute atomic E-state index is 13.3. The highest BCUT2D eigenvalue weighted by Gasteiger charge is 2.19. The second-order valence-corrected chi connectivity index (χ2v) is 3.01. The molecule has 1 unspecified atom stereocenters. The van der Waals surface area contributed by atoms with E-state index in [9.17, 15) is 9.18 Å². The molecular weight excluding hydrogens is 221 g/mol. The van der Waals surface area contributed by atoms with Crippen molar-refractivity contribution in [2.75, 3.05) is 11.9 Å². The van der Waals surface area contributed by atoms with Crippen LogP contribution in [-0.4, -0.2) is 39.0 Å². The van der Waals surface area contributed by atoms with Crippen LogP contribution in [-0.2, 0) is 4.79 Å². The van der Waals surface area contributed by atoms with Gasteiger partial charge in [0.05, 0.1) is 12.3 Å². The lowest BCUT2D eigenvalue weighted by atomic mass is 10.2. The fourth-order valence-corrected chi connectivity index (χ4v) is 1.04. The number of halogens is 1. The summed E-state index contributed by atoms with van der Waals surface area (Å²) in [5.74, 6) is -4.18. The van der Waals surface area contributed by atoms with Gasteiger partial charge in [-0.1, -0.05) is 0 Å². The number of nitrogens with one attached hydrogen (secondary N) is 1. The molecule has 1 aromatic rings. The maximum atomic E-state index is 13.3. The first-order valence-corrected chi connectivity index (χ1v) is 4.28. The number of aliphatic carboxylic acids is 1. The third-order valence-corrected chi connectivity index (χ3v) is 1.91. The van der Waals surface area contributed by atoms with Gasteiger partial charge in [0.2, 0.25) is 0 Å². The van der Waals surface area contributed by atoms with Crippen molar-refractivity contribution in [2.24, 2.45) is 0 Å². The van der Waals surface area contributed by atoms with E-state index in [4.69, 9.17) is 20.4 Å². The molecule has 0 saturated heterocycles. The molecule has 1 rings (SSSR count). The molecule has 1 aromatic carbocycles. The predicted molar refractivity (Wildman–Crippen MR) is 51.9 cm³/mol. The Labute approximate surface area is 89.6 Å². The minimum absolute atomic E-state index is 0.322. The van der Waals surface area contributed by atoms with E-state index in [1.54, 1.807) is 0 Å². The van der Waals surface area contributed by atoms with Crippen molar-refractivity contribution in [3.63, 3.8) is 0 Å². The van der Waals surface area contributed by atoms with E-state index in [0.29, 0.717) is 0 Å². The molecule has 0 aliphatic heterocycles. The zero-order valence-corrected chi connectivity index (χ0v) is 8.01. The summed E-state index contributed by atoms with van der Waals surface area (Å²) < 4.78 is 13.3. The molecule has 0 aliphatic carbocycles. The predicted octanol–water partition coefficient (Wildman–Crippen LogP) is 0.0943. The molecule has 0 bridgehead atoms. The zero-order chi connectivity index (χ0) is 12.3. The highest BCUT2D eigenvalue weighted by molar-refractivity contribution is 5.77. The quantitative estimate of drug-likeness (QED) is 0.371. The van der Waals surface area contributed by atoms with Crippen LogP contribution in [0.25, 0.3) is 0 Å². The Morgan fingerprint density at radius 3 is 2.56 bits per heavy atom. The summed E-state index contributed by atoms with van der Waals surface area (Å²) in [5.41, 5.74) is -0.322. The number of hydrogen-bond donors (Lipinski definition) is 5. The SMILES string of the molecule is O=C(O)C(CO)Nc1ccc(O)c(O)c1F. The molecule has 0 aliphatic rings. The molecular formula is C9H10FNO5. The Kier molecular flexibility index (Phi) is 3.51. The minimum Gasteiger partial charge on any atom is -0.504 e. The van der Waals surface area contributed by atoms with Gasteiger partial charge in [-0.25, -0.2) is 9.18 Å². The van der Waals surface area contributed by atoms with Crippen LogP contribution in [0.1, 0.15) is 0 Å². The summed E-state index contributed by atoms with van der Waals surface area (Å²) in [5, 5.41) is 37.4. The van der Waals surface area contributed by atoms with Crippen molar-refractivity contribution in [3.8, 4) is 11.5 Å². The molecule has 16 heavy (non-hydrogen) atoms. The Morgan fingerprint density at radius 1 is 1.44 bits per heavy atom. The van der Waals surface area contributed by atoms with Crippen LogP contribution in [0.2, 0.25) is 0 Å². The van der Waals surface area contributed by atoms with Gasteiger partial charge < -0.3 is 25.7 Å². The Hall–Kier alpha value is -2.02. The van der Waals surface area contributed by atoms with Crippen LogP contribution in [0.3, 0.4) is 0 Å². The highest BCUT2D eigenvalue weighted by Crippen LogP contribution is 2.32. The first kappa shape index (κ1) is 12.1. The van der Waals surface area contributed by atoms with Gasteiger partial charge in [-0.15, -0.1) is 0 Å². The van der Waals surface area contributed by atoms with Crippen molar-refractivity contribution in [3.05, 3.63) is 17.9 Å². The van der Waals surface area contributed by atoms with Gasteiger partial charge in [0, 0.05) is 0 Å². The largest absolute Gasteiger partial charge is 0.504 e. The molecule has 6 nitrogen and oxygen atoms in total. The number of aliphatic hydroxyl groups is 1. The number of hydrogen-bond acceptors (Lipinski definition) is 5. The summed E-state index contributed by atoms with van der Waals surface area (Å²) in [7, 11) is 0. The molecule has 0 amide bonds. The molecule has 1 atom stereocenters. The van der Waals surface area contributed by atoms with Crippen LogP contribution in [0, 0.1) is 5.82 Å². The first-order chi connectivity index (χ1) is 7.47. The number of carboxylic acid groups (broad SMARTS) is 1. The fourth-order valence-electron chi connectivity index (χ4n) is 1.04. The Balaban J connectivity index is 2.97. The maximum Gasteiger partial charge on any atom is 0.328 e. The van der Waals surface area contributed by atoms with Crippen molar-refractivity contribution >= 4 is 11.7 Å².